The number of aliphatic hydroxyl groups is 1. The molecule has 0 radical (unpaired) electrons. The van der Waals surface area contributed by atoms with Gasteiger partial charge in [-0.1, -0.05) is 0 Å². The minimum atomic E-state index is -3.42. The molecule has 0 spiro atoms. The molecule has 1 aliphatic heterocycles. The summed E-state index contributed by atoms with van der Waals surface area (Å²) in [6, 6.07) is 1.83. The van der Waals surface area contributed by atoms with Gasteiger partial charge in [-0.2, -0.15) is 4.31 Å². The van der Waals surface area contributed by atoms with Gasteiger partial charge in [0, 0.05) is 19.6 Å². The van der Waals surface area contributed by atoms with Crippen molar-refractivity contribution < 1.29 is 13.5 Å². The number of nitrogens with zero attached hydrogens (tertiary/aromatic N) is 2. The maximum absolute atomic E-state index is 12.7. The number of rotatable bonds is 4. The van der Waals surface area contributed by atoms with Crippen LogP contribution in [-0.2, 0) is 10.0 Å². The summed E-state index contributed by atoms with van der Waals surface area (Å²) < 4.78 is 27.4. The third-order valence-electron chi connectivity index (χ3n) is 3.88. The van der Waals surface area contributed by atoms with Gasteiger partial charge in [-0.25, -0.2) is 8.42 Å². The fraction of sp³-hybridized carbons (Fsp3) is 0.714. The predicted molar refractivity (Wildman–Crippen MR) is 85.2 cm³/mol. The molecule has 1 aromatic rings. The summed E-state index contributed by atoms with van der Waals surface area (Å²) in [6.07, 6.45) is 1.81. The first kappa shape index (κ1) is 16.9. The third-order valence-corrected chi connectivity index (χ3v) is 7.44. The Labute approximate surface area is 131 Å². The van der Waals surface area contributed by atoms with E-state index in [1.165, 1.54) is 15.6 Å². The van der Waals surface area contributed by atoms with Crippen LogP contribution < -0.4 is 0 Å². The average Bonchev–Trinajstić information content (AvgIpc) is 2.69. The summed E-state index contributed by atoms with van der Waals surface area (Å²) in [5, 5.41) is 12.4. The molecule has 2 rings (SSSR count). The van der Waals surface area contributed by atoms with Crippen molar-refractivity contribution in [2.75, 3.05) is 33.7 Å². The number of hydrogen-bond donors (Lipinski definition) is 1. The van der Waals surface area contributed by atoms with Crippen LogP contribution in [0.3, 0.4) is 0 Å². The third kappa shape index (κ3) is 3.84. The van der Waals surface area contributed by atoms with E-state index in [0.29, 0.717) is 43.1 Å². The lowest BCUT2D eigenvalue weighted by atomic mass is 9.94. The second kappa shape index (κ2) is 6.34. The second-order valence-electron chi connectivity index (χ2n) is 6.11. The maximum atomic E-state index is 12.7. The summed E-state index contributed by atoms with van der Waals surface area (Å²) in [5.74, 6) is 0. The normalized spacial score (nSPS) is 25.2. The van der Waals surface area contributed by atoms with Crippen LogP contribution in [0, 0.1) is 6.92 Å². The summed E-state index contributed by atoms with van der Waals surface area (Å²) >= 11 is 1.27. The quantitative estimate of drug-likeness (QED) is 0.908. The van der Waals surface area contributed by atoms with Gasteiger partial charge in [-0.15, -0.1) is 11.3 Å². The molecule has 120 valence electrons. The average molecular weight is 332 g/mol. The van der Waals surface area contributed by atoms with Gasteiger partial charge in [0.2, 0.25) is 0 Å². The van der Waals surface area contributed by atoms with Crippen LogP contribution in [0.2, 0.25) is 0 Å². The van der Waals surface area contributed by atoms with Gasteiger partial charge in [-0.05, 0) is 57.3 Å². The maximum Gasteiger partial charge on any atom is 0.252 e. The highest BCUT2D eigenvalue weighted by molar-refractivity contribution is 7.91. The Bertz CT molecular complexity index is 583. The Morgan fingerprint density at radius 2 is 2.10 bits per heavy atom. The molecular weight excluding hydrogens is 308 g/mol. The standard InChI is InChI=1S/C14H24N2O3S2/c1-12-5-10-20-13(12)21(18,19)16-8-4-6-14(17,7-9-16)11-15(2)3/h5,10,17H,4,6-9,11H2,1-3H3/t14-/m1/s1. The van der Waals surface area contributed by atoms with Crippen molar-refractivity contribution in [3.8, 4) is 0 Å². The zero-order chi connectivity index (χ0) is 15.7. The zero-order valence-electron chi connectivity index (χ0n) is 12.9. The first-order chi connectivity index (χ1) is 9.74. The van der Waals surface area contributed by atoms with E-state index in [1.54, 1.807) is 0 Å². The molecule has 0 aliphatic carbocycles. The van der Waals surface area contributed by atoms with E-state index in [4.69, 9.17) is 0 Å². The highest BCUT2D eigenvalue weighted by Crippen LogP contribution is 2.30. The zero-order valence-corrected chi connectivity index (χ0v) is 14.5. The van der Waals surface area contributed by atoms with Gasteiger partial charge in [0.05, 0.1) is 5.60 Å². The predicted octanol–water partition coefficient (Wildman–Crippen LogP) is 1.52. The second-order valence-corrected chi connectivity index (χ2v) is 9.16. The van der Waals surface area contributed by atoms with Crippen molar-refractivity contribution in [2.24, 2.45) is 0 Å². The highest BCUT2D eigenvalue weighted by Gasteiger charge is 2.35. The molecule has 21 heavy (non-hydrogen) atoms. The first-order valence-electron chi connectivity index (χ1n) is 7.16. The molecule has 0 saturated carbocycles. The lowest BCUT2D eigenvalue weighted by Crippen LogP contribution is -2.41. The number of aryl methyl sites for hydroxylation is 1. The van der Waals surface area contributed by atoms with Gasteiger partial charge in [0.25, 0.3) is 10.0 Å². The molecule has 5 nitrogen and oxygen atoms in total. The topological polar surface area (TPSA) is 60.9 Å². The van der Waals surface area contributed by atoms with Crippen LogP contribution >= 0.6 is 11.3 Å². The summed E-state index contributed by atoms with van der Waals surface area (Å²) in [7, 11) is 0.422. The molecule has 1 N–H and O–H groups in total. The minimum absolute atomic E-state index is 0.379. The van der Waals surface area contributed by atoms with Crippen LogP contribution in [0.1, 0.15) is 24.8 Å². The molecule has 7 heteroatoms. The molecule has 0 aromatic carbocycles. The van der Waals surface area contributed by atoms with E-state index in [9.17, 15) is 13.5 Å². The molecule has 0 bridgehead atoms. The van der Waals surface area contributed by atoms with E-state index >= 15 is 0 Å². The Morgan fingerprint density at radius 3 is 2.67 bits per heavy atom. The van der Waals surface area contributed by atoms with E-state index in [0.717, 1.165) is 5.56 Å². The van der Waals surface area contributed by atoms with Gasteiger partial charge >= 0.3 is 0 Å². The van der Waals surface area contributed by atoms with Crippen LogP contribution in [0.5, 0.6) is 0 Å². The molecule has 1 aliphatic rings. The molecule has 1 aromatic heterocycles. The molecule has 1 fully saturated rings. The summed E-state index contributed by atoms with van der Waals surface area (Å²) in [6.45, 7) is 3.25. The van der Waals surface area contributed by atoms with Crippen molar-refractivity contribution in [1.29, 1.82) is 0 Å². The SMILES string of the molecule is Cc1ccsc1S(=O)(=O)N1CCC[C@](O)(CN(C)C)CC1. The van der Waals surface area contributed by atoms with Crippen molar-refractivity contribution in [3.05, 3.63) is 17.0 Å². The highest BCUT2D eigenvalue weighted by atomic mass is 32.2. The monoisotopic (exact) mass is 332 g/mol. The van der Waals surface area contributed by atoms with E-state index in [1.807, 2.05) is 37.4 Å². The number of sulfonamides is 1. The van der Waals surface area contributed by atoms with Gasteiger partial charge < -0.3 is 10.0 Å². The molecule has 0 amide bonds. The fourth-order valence-corrected chi connectivity index (χ4v) is 5.91. The number of likely N-dealkylation sites (N-methyl/N-ethyl adjacent to an activating group) is 1. The Balaban J connectivity index is 2.15. The summed E-state index contributed by atoms with van der Waals surface area (Å²) in [4.78, 5) is 1.95. The molecule has 0 unspecified atom stereocenters. The van der Waals surface area contributed by atoms with Crippen LogP contribution in [-0.4, -0.2) is 62.1 Å². The Morgan fingerprint density at radius 1 is 1.38 bits per heavy atom. The Hall–Kier alpha value is -0.470. The molecular formula is C14H24N2O3S2. The Kier molecular flexibility index (Phi) is 5.10. The van der Waals surface area contributed by atoms with E-state index < -0.39 is 15.6 Å². The van der Waals surface area contributed by atoms with Gasteiger partial charge in [-0.3, -0.25) is 0 Å². The lowest BCUT2D eigenvalue weighted by Gasteiger charge is -2.29. The summed E-state index contributed by atoms with van der Waals surface area (Å²) in [5.41, 5.74) is 0.00550. The molecule has 1 atom stereocenters. The first-order valence-corrected chi connectivity index (χ1v) is 9.48. The van der Waals surface area contributed by atoms with E-state index in [-0.39, 0.29) is 0 Å². The van der Waals surface area contributed by atoms with Crippen LogP contribution in [0.15, 0.2) is 15.7 Å². The van der Waals surface area contributed by atoms with E-state index in [2.05, 4.69) is 0 Å². The van der Waals surface area contributed by atoms with Crippen molar-refractivity contribution >= 4 is 21.4 Å². The smallest absolute Gasteiger partial charge is 0.252 e. The van der Waals surface area contributed by atoms with Crippen molar-refractivity contribution in [2.45, 2.75) is 36.0 Å². The van der Waals surface area contributed by atoms with Crippen LogP contribution in [0.25, 0.3) is 0 Å². The molecule has 1 saturated heterocycles. The fourth-order valence-electron chi connectivity index (χ4n) is 2.88. The van der Waals surface area contributed by atoms with Gasteiger partial charge in [0.15, 0.2) is 0 Å². The van der Waals surface area contributed by atoms with Crippen molar-refractivity contribution in [3.63, 3.8) is 0 Å². The number of hydrogen-bond acceptors (Lipinski definition) is 5. The lowest BCUT2D eigenvalue weighted by molar-refractivity contribution is 0.00405. The molecule has 2 heterocycles. The minimum Gasteiger partial charge on any atom is -0.389 e. The van der Waals surface area contributed by atoms with Crippen LogP contribution in [0.4, 0.5) is 0 Å². The number of thiophene rings is 1. The van der Waals surface area contributed by atoms with Gasteiger partial charge in [0.1, 0.15) is 4.21 Å². The largest absolute Gasteiger partial charge is 0.389 e. The van der Waals surface area contributed by atoms with Crippen molar-refractivity contribution in [1.82, 2.24) is 9.21 Å².